The van der Waals surface area contributed by atoms with Crippen LogP contribution < -0.4 is 5.32 Å². The van der Waals surface area contributed by atoms with Crippen LogP contribution in [0.5, 0.6) is 0 Å². The largest absolute Gasteiger partial charge is 0.387 e. The molecule has 3 nitrogen and oxygen atoms in total. The van der Waals surface area contributed by atoms with E-state index in [1.54, 1.807) is 48.5 Å². The first-order valence-corrected chi connectivity index (χ1v) is 6.80. The molecule has 0 heterocycles. The molecule has 2 rings (SSSR count). The number of amides is 1. The summed E-state index contributed by atoms with van der Waals surface area (Å²) < 4.78 is 0. The van der Waals surface area contributed by atoms with Crippen molar-refractivity contribution in [3.63, 3.8) is 0 Å². The van der Waals surface area contributed by atoms with Crippen molar-refractivity contribution in [2.24, 2.45) is 0 Å². The van der Waals surface area contributed by atoms with Gasteiger partial charge in [-0.2, -0.15) is 0 Å². The van der Waals surface area contributed by atoms with Crippen LogP contribution in [0.4, 0.5) is 0 Å². The van der Waals surface area contributed by atoms with Crippen LogP contribution in [0.1, 0.15) is 22.0 Å². The molecule has 2 N–H and O–H groups in total. The minimum Gasteiger partial charge on any atom is -0.387 e. The molecule has 2 aromatic carbocycles. The fraction of sp³-hybridized carbons (Fsp3) is 0.133. The van der Waals surface area contributed by atoms with Crippen molar-refractivity contribution in [1.29, 1.82) is 0 Å². The molecule has 2 aromatic rings. The van der Waals surface area contributed by atoms with Crippen molar-refractivity contribution in [3.8, 4) is 0 Å². The molecule has 0 radical (unpaired) electrons. The van der Waals surface area contributed by atoms with E-state index in [2.05, 4.69) is 5.32 Å². The third-order valence-electron chi connectivity index (χ3n) is 2.84. The van der Waals surface area contributed by atoms with Gasteiger partial charge in [-0.3, -0.25) is 4.79 Å². The molecule has 0 spiro atoms. The van der Waals surface area contributed by atoms with Gasteiger partial charge in [-0.1, -0.05) is 53.5 Å². The third kappa shape index (κ3) is 3.51. The van der Waals surface area contributed by atoms with Crippen LogP contribution in [0.2, 0.25) is 10.0 Å². The average molecular weight is 310 g/mol. The summed E-state index contributed by atoms with van der Waals surface area (Å²) >= 11 is 11.9. The van der Waals surface area contributed by atoms with Gasteiger partial charge >= 0.3 is 0 Å². The van der Waals surface area contributed by atoms with Gasteiger partial charge in [0.1, 0.15) is 0 Å². The Hall–Kier alpha value is -1.55. The highest BCUT2D eigenvalue weighted by Crippen LogP contribution is 2.22. The lowest BCUT2D eigenvalue weighted by Gasteiger charge is -2.14. The Labute approximate surface area is 127 Å². The highest BCUT2D eigenvalue weighted by Gasteiger charge is 2.14. The van der Waals surface area contributed by atoms with Crippen molar-refractivity contribution in [3.05, 3.63) is 69.7 Å². The van der Waals surface area contributed by atoms with Crippen LogP contribution in [0.25, 0.3) is 0 Å². The number of benzene rings is 2. The molecule has 20 heavy (non-hydrogen) atoms. The number of hydrogen-bond donors (Lipinski definition) is 2. The number of halogens is 2. The Morgan fingerprint density at radius 2 is 1.65 bits per heavy atom. The van der Waals surface area contributed by atoms with Crippen LogP contribution in [-0.4, -0.2) is 17.6 Å². The molecule has 1 atom stereocenters. The van der Waals surface area contributed by atoms with E-state index in [1.165, 1.54) is 0 Å². The average Bonchev–Trinajstić information content (AvgIpc) is 2.45. The van der Waals surface area contributed by atoms with Crippen LogP contribution in [-0.2, 0) is 0 Å². The smallest absolute Gasteiger partial charge is 0.252 e. The van der Waals surface area contributed by atoms with Gasteiger partial charge in [0.2, 0.25) is 0 Å². The maximum Gasteiger partial charge on any atom is 0.252 e. The first-order chi connectivity index (χ1) is 9.59. The standard InChI is InChI=1S/C15H13Cl2NO2/c16-12-7-3-1-5-10(12)14(19)9-18-15(20)11-6-2-4-8-13(11)17/h1-8,14,19H,9H2,(H,18,20). The predicted molar refractivity (Wildman–Crippen MR) is 80.2 cm³/mol. The van der Waals surface area contributed by atoms with Gasteiger partial charge in [0.05, 0.1) is 16.7 Å². The van der Waals surface area contributed by atoms with Gasteiger partial charge in [-0.25, -0.2) is 0 Å². The molecule has 5 heteroatoms. The van der Waals surface area contributed by atoms with E-state index in [9.17, 15) is 9.90 Å². The number of hydrogen-bond acceptors (Lipinski definition) is 2. The summed E-state index contributed by atoms with van der Waals surface area (Å²) in [5.74, 6) is -0.332. The summed E-state index contributed by atoms with van der Waals surface area (Å²) in [5, 5.41) is 13.5. The lowest BCUT2D eigenvalue weighted by molar-refractivity contribution is 0.0916. The number of carbonyl (C=O) groups is 1. The van der Waals surface area contributed by atoms with Gasteiger partial charge in [-0.15, -0.1) is 0 Å². The van der Waals surface area contributed by atoms with Crippen LogP contribution >= 0.6 is 23.2 Å². The molecule has 0 fully saturated rings. The molecule has 0 bridgehead atoms. The Morgan fingerprint density at radius 3 is 2.30 bits per heavy atom. The van der Waals surface area contributed by atoms with E-state index >= 15 is 0 Å². The van der Waals surface area contributed by atoms with Gasteiger partial charge in [0.25, 0.3) is 5.91 Å². The summed E-state index contributed by atoms with van der Waals surface area (Å²) in [5.41, 5.74) is 0.953. The van der Waals surface area contributed by atoms with Crippen LogP contribution in [0.3, 0.4) is 0 Å². The fourth-order valence-corrected chi connectivity index (χ4v) is 2.27. The zero-order valence-electron chi connectivity index (χ0n) is 10.5. The second kappa shape index (κ2) is 6.75. The molecule has 0 aromatic heterocycles. The van der Waals surface area contributed by atoms with Crippen molar-refractivity contribution in [1.82, 2.24) is 5.32 Å². The Balaban J connectivity index is 2.01. The summed E-state index contributed by atoms with van der Waals surface area (Å²) in [4.78, 5) is 11.9. The van der Waals surface area contributed by atoms with Gasteiger partial charge < -0.3 is 10.4 Å². The maximum absolute atomic E-state index is 11.9. The van der Waals surface area contributed by atoms with Crippen LogP contribution in [0.15, 0.2) is 48.5 Å². The molecule has 104 valence electrons. The lowest BCUT2D eigenvalue weighted by Crippen LogP contribution is -2.28. The number of carbonyl (C=O) groups excluding carboxylic acids is 1. The topological polar surface area (TPSA) is 49.3 Å². The van der Waals surface area contributed by atoms with Crippen molar-refractivity contribution < 1.29 is 9.90 Å². The molecule has 0 saturated heterocycles. The number of nitrogens with one attached hydrogen (secondary N) is 1. The molecular weight excluding hydrogens is 297 g/mol. The minimum atomic E-state index is -0.866. The molecule has 1 amide bonds. The molecule has 0 saturated carbocycles. The molecule has 0 aliphatic heterocycles. The fourth-order valence-electron chi connectivity index (χ4n) is 1.79. The maximum atomic E-state index is 11.9. The molecule has 0 aliphatic carbocycles. The molecule has 1 unspecified atom stereocenters. The third-order valence-corrected chi connectivity index (χ3v) is 3.51. The highest BCUT2D eigenvalue weighted by atomic mass is 35.5. The summed E-state index contributed by atoms with van der Waals surface area (Å²) in [6, 6.07) is 13.7. The number of aliphatic hydroxyl groups is 1. The second-order valence-corrected chi connectivity index (χ2v) is 5.04. The number of rotatable bonds is 4. The summed E-state index contributed by atoms with van der Waals surface area (Å²) in [6.07, 6.45) is -0.866. The number of aliphatic hydroxyl groups excluding tert-OH is 1. The quantitative estimate of drug-likeness (QED) is 0.908. The van der Waals surface area contributed by atoms with Gasteiger partial charge in [0, 0.05) is 17.1 Å². The highest BCUT2D eigenvalue weighted by molar-refractivity contribution is 6.33. The summed E-state index contributed by atoms with van der Waals surface area (Å²) in [7, 11) is 0. The van der Waals surface area contributed by atoms with E-state index in [0.717, 1.165) is 0 Å². The predicted octanol–water partition coefficient (Wildman–Crippen LogP) is 3.46. The monoisotopic (exact) mass is 309 g/mol. The first kappa shape index (κ1) is 14.9. The Bertz CT molecular complexity index is 616. The van der Waals surface area contributed by atoms with Crippen molar-refractivity contribution in [2.45, 2.75) is 6.10 Å². The second-order valence-electron chi connectivity index (χ2n) is 4.23. The van der Waals surface area contributed by atoms with Crippen molar-refractivity contribution >= 4 is 29.1 Å². The molecular formula is C15H13Cl2NO2. The van der Waals surface area contributed by atoms with E-state index < -0.39 is 6.10 Å². The minimum absolute atomic E-state index is 0.0633. The van der Waals surface area contributed by atoms with Crippen molar-refractivity contribution in [2.75, 3.05) is 6.54 Å². The van der Waals surface area contributed by atoms with E-state index in [4.69, 9.17) is 23.2 Å². The van der Waals surface area contributed by atoms with Crippen LogP contribution in [0, 0.1) is 0 Å². The lowest BCUT2D eigenvalue weighted by atomic mass is 10.1. The van der Waals surface area contributed by atoms with E-state index in [1.807, 2.05) is 0 Å². The van der Waals surface area contributed by atoms with E-state index in [0.29, 0.717) is 21.2 Å². The zero-order valence-corrected chi connectivity index (χ0v) is 12.0. The van der Waals surface area contributed by atoms with E-state index in [-0.39, 0.29) is 12.5 Å². The Kier molecular flexibility index (Phi) is 5.01. The first-order valence-electron chi connectivity index (χ1n) is 6.05. The van der Waals surface area contributed by atoms with Gasteiger partial charge in [-0.05, 0) is 18.2 Å². The zero-order chi connectivity index (χ0) is 14.5. The normalized spacial score (nSPS) is 11.9. The summed E-state index contributed by atoms with van der Waals surface area (Å²) in [6.45, 7) is 0.0633. The Morgan fingerprint density at radius 1 is 1.05 bits per heavy atom. The molecule has 0 aliphatic rings. The SMILES string of the molecule is O=C(NCC(O)c1ccccc1Cl)c1ccccc1Cl. The van der Waals surface area contributed by atoms with Gasteiger partial charge in [0.15, 0.2) is 0 Å².